The van der Waals surface area contributed by atoms with Gasteiger partial charge in [0.05, 0.1) is 24.2 Å². The van der Waals surface area contributed by atoms with Crippen LogP contribution in [-0.2, 0) is 11.3 Å². The lowest BCUT2D eigenvalue weighted by molar-refractivity contribution is 0.0136. The highest BCUT2D eigenvalue weighted by Gasteiger charge is 2.28. The van der Waals surface area contributed by atoms with E-state index in [0.29, 0.717) is 25.7 Å². The number of hydrogen-bond donors (Lipinski definition) is 0. The van der Waals surface area contributed by atoms with E-state index in [1.165, 1.54) is 5.56 Å². The largest absolute Gasteiger partial charge is 0.464 e. The van der Waals surface area contributed by atoms with Crippen LogP contribution in [0.5, 0.6) is 6.01 Å². The molecular weight excluding hydrogens is 470 g/mol. The van der Waals surface area contributed by atoms with Gasteiger partial charge in [0.15, 0.2) is 0 Å². The molecule has 3 aromatic rings. The monoisotopic (exact) mass is 499 g/mol. The van der Waals surface area contributed by atoms with Gasteiger partial charge < -0.3 is 14.4 Å². The molecule has 7 heteroatoms. The molecule has 4 rings (SSSR count). The van der Waals surface area contributed by atoms with Gasteiger partial charge in [-0.25, -0.2) is 4.79 Å². The standard InChI is InChI=1S/C25H30BrN3O3/c1-25(2,3)32-24(30)28-14-6-7-19(15-28)17-31-23-27-21-8-4-5-9-22(21)29(23)16-18-10-12-20(26)13-11-18/h4-5,8-13,19H,6-7,14-17H2,1-3H3/t19-/m0/s1. The summed E-state index contributed by atoms with van der Waals surface area (Å²) in [5, 5.41) is 0. The molecule has 6 nitrogen and oxygen atoms in total. The maximum Gasteiger partial charge on any atom is 0.410 e. The molecule has 0 spiro atoms. The van der Waals surface area contributed by atoms with Crippen molar-refractivity contribution < 1.29 is 14.3 Å². The third-order valence-corrected chi connectivity index (χ3v) is 6.02. The summed E-state index contributed by atoms with van der Waals surface area (Å²) in [6.45, 7) is 8.25. The van der Waals surface area contributed by atoms with Crippen molar-refractivity contribution in [3.8, 4) is 6.01 Å². The fourth-order valence-electron chi connectivity index (χ4n) is 3.97. The normalized spacial score (nSPS) is 16.9. The average Bonchev–Trinajstić information content (AvgIpc) is 3.10. The Morgan fingerprint density at radius 1 is 1.16 bits per heavy atom. The summed E-state index contributed by atoms with van der Waals surface area (Å²) in [6.07, 6.45) is 1.72. The summed E-state index contributed by atoms with van der Waals surface area (Å²) in [7, 11) is 0. The van der Waals surface area contributed by atoms with Crippen molar-refractivity contribution in [1.82, 2.24) is 14.5 Å². The summed E-state index contributed by atoms with van der Waals surface area (Å²) in [5.74, 6) is 0.247. The number of carbonyl (C=O) groups is 1. The molecule has 1 aliphatic heterocycles. The van der Waals surface area contributed by atoms with Crippen LogP contribution in [0, 0.1) is 5.92 Å². The van der Waals surface area contributed by atoms with Crippen molar-refractivity contribution in [2.45, 2.75) is 45.8 Å². The molecule has 1 aromatic heterocycles. The number of piperidine rings is 1. The smallest absolute Gasteiger partial charge is 0.410 e. The van der Waals surface area contributed by atoms with Crippen molar-refractivity contribution in [1.29, 1.82) is 0 Å². The zero-order valence-electron chi connectivity index (χ0n) is 18.9. The molecule has 2 heterocycles. The predicted molar refractivity (Wildman–Crippen MR) is 129 cm³/mol. The minimum absolute atomic E-state index is 0.246. The molecule has 0 N–H and O–H groups in total. The number of carbonyl (C=O) groups excluding carboxylic acids is 1. The average molecular weight is 500 g/mol. The maximum atomic E-state index is 12.5. The van der Waals surface area contributed by atoms with Gasteiger partial charge in [0.25, 0.3) is 6.01 Å². The Labute approximate surface area is 197 Å². The maximum absolute atomic E-state index is 12.5. The second kappa shape index (κ2) is 9.53. The minimum atomic E-state index is -0.488. The van der Waals surface area contributed by atoms with E-state index < -0.39 is 5.60 Å². The van der Waals surface area contributed by atoms with E-state index >= 15 is 0 Å². The second-order valence-corrected chi connectivity index (χ2v) is 10.3. The van der Waals surface area contributed by atoms with Gasteiger partial charge in [-0.15, -0.1) is 0 Å². The fraction of sp³-hybridized carbons (Fsp3) is 0.440. The van der Waals surface area contributed by atoms with Crippen LogP contribution >= 0.6 is 15.9 Å². The van der Waals surface area contributed by atoms with Gasteiger partial charge in [0.2, 0.25) is 0 Å². The topological polar surface area (TPSA) is 56.6 Å². The van der Waals surface area contributed by atoms with Crippen LogP contribution in [0.15, 0.2) is 53.0 Å². The van der Waals surface area contributed by atoms with Gasteiger partial charge in [-0.05, 0) is 63.4 Å². The van der Waals surface area contributed by atoms with Crippen molar-refractivity contribution in [2.75, 3.05) is 19.7 Å². The molecule has 32 heavy (non-hydrogen) atoms. The number of likely N-dealkylation sites (tertiary alicyclic amines) is 1. The second-order valence-electron chi connectivity index (χ2n) is 9.34. The van der Waals surface area contributed by atoms with E-state index in [9.17, 15) is 4.79 Å². The summed E-state index contributed by atoms with van der Waals surface area (Å²) in [6, 6.07) is 17.0. The number of fused-ring (bicyclic) bond motifs is 1. The molecule has 0 unspecified atom stereocenters. The van der Waals surface area contributed by atoms with Gasteiger partial charge >= 0.3 is 6.09 Å². The number of hydrogen-bond acceptors (Lipinski definition) is 4. The van der Waals surface area contributed by atoms with Gasteiger partial charge in [-0.2, -0.15) is 4.98 Å². The lowest BCUT2D eigenvalue weighted by Crippen LogP contribution is -2.44. The Hall–Kier alpha value is -2.54. The van der Waals surface area contributed by atoms with E-state index in [2.05, 4.69) is 38.7 Å². The molecule has 1 atom stereocenters. The van der Waals surface area contributed by atoms with Crippen molar-refractivity contribution in [3.63, 3.8) is 0 Å². The number of benzene rings is 2. The molecule has 1 amide bonds. The molecule has 0 aliphatic carbocycles. The van der Waals surface area contributed by atoms with Gasteiger partial charge in [0, 0.05) is 23.5 Å². The summed E-state index contributed by atoms with van der Waals surface area (Å²) in [4.78, 5) is 19.0. The van der Waals surface area contributed by atoms with Gasteiger partial charge in [0.1, 0.15) is 5.60 Å². The highest BCUT2D eigenvalue weighted by atomic mass is 79.9. The molecule has 1 fully saturated rings. The Bertz CT molecular complexity index is 1070. The van der Waals surface area contributed by atoms with Gasteiger partial charge in [-0.3, -0.25) is 4.57 Å². The first-order valence-corrected chi connectivity index (χ1v) is 11.9. The van der Waals surface area contributed by atoms with E-state index in [0.717, 1.165) is 34.9 Å². The van der Waals surface area contributed by atoms with Crippen molar-refractivity contribution in [3.05, 3.63) is 58.6 Å². The Morgan fingerprint density at radius 2 is 1.91 bits per heavy atom. The van der Waals surface area contributed by atoms with E-state index in [1.807, 2.05) is 51.1 Å². The van der Waals surface area contributed by atoms with Crippen LogP contribution in [0.4, 0.5) is 4.79 Å². The number of aromatic nitrogens is 2. The molecule has 0 bridgehead atoms. The molecule has 1 aliphatic rings. The number of nitrogens with zero attached hydrogens (tertiary/aromatic N) is 3. The molecule has 0 radical (unpaired) electrons. The third-order valence-electron chi connectivity index (χ3n) is 5.49. The van der Waals surface area contributed by atoms with Crippen LogP contribution < -0.4 is 4.74 Å². The third kappa shape index (κ3) is 5.63. The minimum Gasteiger partial charge on any atom is -0.464 e. The predicted octanol–water partition coefficient (Wildman–Crippen LogP) is 5.87. The van der Waals surface area contributed by atoms with E-state index in [4.69, 9.17) is 14.5 Å². The van der Waals surface area contributed by atoms with Crippen molar-refractivity contribution >= 4 is 33.1 Å². The quantitative estimate of drug-likeness (QED) is 0.440. The molecule has 0 saturated carbocycles. The highest BCUT2D eigenvalue weighted by molar-refractivity contribution is 9.10. The number of ether oxygens (including phenoxy) is 2. The van der Waals surface area contributed by atoms with Crippen LogP contribution in [0.3, 0.4) is 0 Å². The summed E-state index contributed by atoms with van der Waals surface area (Å²) >= 11 is 3.50. The number of para-hydroxylation sites is 2. The molecule has 2 aromatic carbocycles. The summed E-state index contributed by atoms with van der Waals surface area (Å²) in [5.41, 5.74) is 2.65. The number of amides is 1. The zero-order valence-corrected chi connectivity index (χ0v) is 20.5. The number of imidazole rings is 1. The Kier molecular flexibility index (Phi) is 6.74. The van der Waals surface area contributed by atoms with E-state index in [-0.39, 0.29) is 12.0 Å². The van der Waals surface area contributed by atoms with Crippen LogP contribution in [0.2, 0.25) is 0 Å². The lowest BCUT2D eigenvalue weighted by atomic mass is 9.99. The number of rotatable bonds is 5. The summed E-state index contributed by atoms with van der Waals surface area (Å²) < 4.78 is 15.0. The van der Waals surface area contributed by atoms with Crippen LogP contribution in [0.1, 0.15) is 39.2 Å². The number of halogens is 1. The van der Waals surface area contributed by atoms with Crippen LogP contribution in [0.25, 0.3) is 11.0 Å². The first-order valence-electron chi connectivity index (χ1n) is 11.1. The molecule has 170 valence electrons. The lowest BCUT2D eigenvalue weighted by Gasteiger charge is -2.33. The first kappa shape index (κ1) is 22.6. The highest BCUT2D eigenvalue weighted by Crippen LogP contribution is 2.25. The first-order chi connectivity index (χ1) is 15.3. The molecule has 1 saturated heterocycles. The Balaban J connectivity index is 1.47. The van der Waals surface area contributed by atoms with Crippen LogP contribution in [-0.4, -0.2) is 45.8 Å². The Morgan fingerprint density at radius 3 is 2.66 bits per heavy atom. The van der Waals surface area contributed by atoms with E-state index in [1.54, 1.807) is 4.90 Å². The fourth-order valence-corrected chi connectivity index (χ4v) is 4.24. The zero-order chi connectivity index (χ0) is 22.7. The van der Waals surface area contributed by atoms with Gasteiger partial charge in [-0.1, -0.05) is 40.2 Å². The SMILES string of the molecule is CC(C)(C)OC(=O)N1CCC[C@H](COc2nc3ccccc3n2Cc2ccc(Br)cc2)C1. The molecular formula is C25H30BrN3O3. The van der Waals surface area contributed by atoms with Crippen molar-refractivity contribution in [2.24, 2.45) is 5.92 Å².